The van der Waals surface area contributed by atoms with E-state index in [-0.39, 0.29) is 6.10 Å². The quantitative estimate of drug-likeness (QED) is 0.788. The minimum absolute atomic E-state index is 0.280. The zero-order valence-electron chi connectivity index (χ0n) is 13.0. The molecule has 21 heavy (non-hydrogen) atoms. The van der Waals surface area contributed by atoms with Gasteiger partial charge >= 0.3 is 0 Å². The Morgan fingerprint density at radius 1 is 1.52 bits per heavy atom. The topological polar surface area (TPSA) is 59.3 Å². The Morgan fingerprint density at radius 3 is 2.95 bits per heavy atom. The monoisotopic (exact) mass is 287 g/mol. The van der Waals surface area contributed by atoms with E-state index in [1.165, 1.54) is 0 Å². The van der Waals surface area contributed by atoms with Crippen molar-refractivity contribution in [2.24, 2.45) is 5.92 Å². The van der Waals surface area contributed by atoms with Gasteiger partial charge in [-0.05, 0) is 44.0 Å². The van der Waals surface area contributed by atoms with Crippen LogP contribution in [0.15, 0.2) is 18.2 Å². The van der Waals surface area contributed by atoms with E-state index >= 15 is 0 Å². The number of aliphatic hydroxyl groups excluding tert-OH is 1. The van der Waals surface area contributed by atoms with Crippen molar-refractivity contribution in [3.63, 3.8) is 0 Å². The molecule has 114 valence electrons. The van der Waals surface area contributed by atoms with Crippen molar-refractivity contribution in [2.75, 3.05) is 24.5 Å². The maximum atomic E-state index is 9.71. The Balaban J connectivity index is 2.09. The average molecular weight is 287 g/mol. The molecule has 2 unspecified atom stereocenters. The molecule has 1 saturated heterocycles. The highest BCUT2D eigenvalue weighted by atomic mass is 16.3. The van der Waals surface area contributed by atoms with Gasteiger partial charge in [-0.25, -0.2) is 0 Å². The van der Waals surface area contributed by atoms with Gasteiger partial charge in [0.25, 0.3) is 0 Å². The van der Waals surface area contributed by atoms with Gasteiger partial charge in [0.2, 0.25) is 0 Å². The average Bonchev–Trinajstić information content (AvgIpc) is 2.97. The van der Waals surface area contributed by atoms with E-state index < -0.39 is 0 Å². The SMILES string of the molecule is CCCNCc1ccc(N2CCC(C(C)O)C2)c(C#N)c1. The van der Waals surface area contributed by atoms with Crippen LogP contribution < -0.4 is 10.2 Å². The number of nitriles is 1. The predicted octanol–water partition coefficient (Wildman–Crippen LogP) is 2.26. The summed E-state index contributed by atoms with van der Waals surface area (Å²) in [6.45, 7) is 7.53. The van der Waals surface area contributed by atoms with Gasteiger partial charge < -0.3 is 15.3 Å². The Bertz CT molecular complexity index is 507. The fourth-order valence-corrected chi connectivity index (χ4v) is 2.87. The van der Waals surface area contributed by atoms with Gasteiger partial charge in [-0.15, -0.1) is 0 Å². The normalized spacial score (nSPS) is 19.5. The minimum atomic E-state index is -0.280. The maximum absolute atomic E-state index is 9.71. The first-order valence-corrected chi connectivity index (χ1v) is 7.82. The van der Waals surface area contributed by atoms with Gasteiger partial charge in [-0.1, -0.05) is 13.0 Å². The van der Waals surface area contributed by atoms with E-state index in [1.807, 2.05) is 19.1 Å². The van der Waals surface area contributed by atoms with Crippen LogP contribution in [0.1, 0.15) is 37.8 Å². The first-order chi connectivity index (χ1) is 10.2. The van der Waals surface area contributed by atoms with Crippen molar-refractivity contribution in [1.29, 1.82) is 5.26 Å². The van der Waals surface area contributed by atoms with Gasteiger partial charge in [0.15, 0.2) is 0 Å². The number of nitrogens with one attached hydrogen (secondary N) is 1. The van der Waals surface area contributed by atoms with Gasteiger partial charge in [0, 0.05) is 25.6 Å². The Kier molecular flexibility index (Phi) is 5.60. The molecular weight excluding hydrogens is 262 g/mol. The summed E-state index contributed by atoms with van der Waals surface area (Å²) in [6, 6.07) is 8.43. The van der Waals surface area contributed by atoms with Crippen LogP contribution in [0.25, 0.3) is 0 Å². The molecule has 4 heteroatoms. The highest BCUT2D eigenvalue weighted by Gasteiger charge is 2.27. The molecule has 0 radical (unpaired) electrons. The van der Waals surface area contributed by atoms with Crippen molar-refractivity contribution in [1.82, 2.24) is 5.32 Å². The van der Waals surface area contributed by atoms with Crippen LogP contribution in [0.3, 0.4) is 0 Å². The fourth-order valence-electron chi connectivity index (χ4n) is 2.87. The molecule has 1 heterocycles. The molecule has 1 aliphatic rings. The summed E-state index contributed by atoms with van der Waals surface area (Å²) in [7, 11) is 0. The largest absolute Gasteiger partial charge is 0.393 e. The number of hydrogen-bond donors (Lipinski definition) is 2. The summed E-state index contributed by atoms with van der Waals surface area (Å²) in [4.78, 5) is 2.22. The zero-order valence-corrected chi connectivity index (χ0v) is 13.0. The van der Waals surface area contributed by atoms with E-state index in [1.54, 1.807) is 0 Å². The van der Waals surface area contributed by atoms with Crippen molar-refractivity contribution in [2.45, 2.75) is 39.3 Å². The van der Waals surface area contributed by atoms with Crippen LogP contribution in [0.5, 0.6) is 0 Å². The molecule has 0 bridgehead atoms. The first-order valence-electron chi connectivity index (χ1n) is 7.82. The minimum Gasteiger partial charge on any atom is -0.393 e. The van der Waals surface area contributed by atoms with Crippen LogP contribution in [0.4, 0.5) is 5.69 Å². The number of nitrogens with zero attached hydrogens (tertiary/aromatic N) is 2. The summed E-state index contributed by atoms with van der Waals surface area (Å²) >= 11 is 0. The highest BCUT2D eigenvalue weighted by molar-refractivity contribution is 5.61. The van der Waals surface area contributed by atoms with Crippen LogP contribution in [0, 0.1) is 17.2 Å². The van der Waals surface area contributed by atoms with Gasteiger partial charge in [-0.3, -0.25) is 0 Å². The van der Waals surface area contributed by atoms with E-state index in [0.29, 0.717) is 5.92 Å². The molecule has 0 aromatic heterocycles. The molecule has 1 aromatic carbocycles. The summed E-state index contributed by atoms with van der Waals surface area (Å²) in [5, 5.41) is 22.5. The Hall–Kier alpha value is -1.57. The van der Waals surface area contributed by atoms with Crippen LogP contribution >= 0.6 is 0 Å². The maximum Gasteiger partial charge on any atom is 0.101 e. The number of aliphatic hydroxyl groups is 1. The third kappa shape index (κ3) is 3.96. The third-order valence-electron chi connectivity index (χ3n) is 4.18. The molecule has 0 amide bonds. The zero-order chi connectivity index (χ0) is 15.2. The van der Waals surface area contributed by atoms with Crippen molar-refractivity contribution in [3.8, 4) is 6.07 Å². The second-order valence-electron chi connectivity index (χ2n) is 5.88. The van der Waals surface area contributed by atoms with Crippen molar-refractivity contribution >= 4 is 5.69 Å². The standard InChI is InChI=1S/C17H25N3O/c1-3-7-19-11-14-4-5-17(16(9-14)10-18)20-8-6-15(12-20)13(2)21/h4-5,9,13,15,19,21H,3,6-8,11-12H2,1-2H3. The lowest BCUT2D eigenvalue weighted by Crippen LogP contribution is -2.24. The number of hydrogen-bond acceptors (Lipinski definition) is 4. The predicted molar refractivity (Wildman–Crippen MR) is 85.2 cm³/mol. The molecule has 0 saturated carbocycles. The molecule has 0 aliphatic carbocycles. The molecule has 4 nitrogen and oxygen atoms in total. The van der Waals surface area contributed by atoms with E-state index in [4.69, 9.17) is 0 Å². The fraction of sp³-hybridized carbons (Fsp3) is 0.588. The van der Waals surface area contributed by atoms with Gasteiger partial charge in [-0.2, -0.15) is 5.26 Å². The molecule has 1 fully saturated rings. The smallest absolute Gasteiger partial charge is 0.101 e. The van der Waals surface area contributed by atoms with Crippen LogP contribution in [-0.2, 0) is 6.54 Å². The molecule has 2 rings (SSSR count). The van der Waals surface area contributed by atoms with E-state index in [2.05, 4.69) is 29.3 Å². The second kappa shape index (κ2) is 7.44. The molecule has 2 atom stereocenters. The molecular formula is C17H25N3O. The summed E-state index contributed by atoms with van der Waals surface area (Å²) in [5.74, 6) is 0.308. The lowest BCUT2D eigenvalue weighted by Gasteiger charge is -2.21. The Morgan fingerprint density at radius 2 is 2.33 bits per heavy atom. The number of benzene rings is 1. The lowest BCUT2D eigenvalue weighted by molar-refractivity contribution is 0.136. The van der Waals surface area contributed by atoms with Crippen molar-refractivity contribution in [3.05, 3.63) is 29.3 Å². The van der Waals surface area contributed by atoms with Gasteiger partial charge in [0.1, 0.15) is 6.07 Å². The van der Waals surface area contributed by atoms with Gasteiger partial charge in [0.05, 0.1) is 17.4 Å². The van der Waals surface area contributed by atoms with E-state index in [9.17, 15) is 10.4 Å². The molecule has 1 aromatic rings. The Labute approximate surface area is 127 Å². The first kappa shape index (κ1) is 15.8. The van der Waals surface area contributed by atoms with E-state index in [0.717, 1.165) is 55.8 Å². The molecule has 2 N–H and O–H groups in total. The summed E-state index contributed by atoms with van der Waals surface area (Å²) < 4.78 is 0. The summed E-state index contributed by atoms with van der Waals surface area (Å²) in [6.07, 6.45) is 1.82. The number of anilines is 1. The second-order valence-corrected chi connectivity index (χ2v) is 5.88. The van der Waals surface area contributed by atoms with Crippen LogP contribution in [-0.4, -0.2) is 30.8 Å². The molecule has 0 spiro atoms. The molecule has 1 aliphatic heterocycles. The highest BCUT2D eigenvalue weighted by Crippen LogP contribution is 2.29. The van der Waals surface area contributed by atoms with Crippen LogP contribution in [0.2, 0.25) is 0 Å². The summed E-state index contributed by atoms with van der Waals surface area (Å²) in [5.41, 5.74) is 2.88. The van der Waals surface area contributed by atoms with Crippen molar-refractivity contribution < 1.29 is 5.11 Å². The number of rotatable bonds is 6. The third-order valence-corrected chi connectivity index (χ3v) is 4.18. The lowest BCUT2D eigenvalue weighted by atomic mass is 10.0.